The van der Waals surface area contributed by atoms with E-state index in [-0.39, 0.29) is 0 Å². The summed E-state index contributed by atoms with van der Waals surface area (Å²) in [5, 5.41) is 3.19. The summed E-state index contributed by atoms with van der Waals surface area (Å²) in [5.74, 6) is 0.339. The fourth-order valence-corrected chi connectivity index (χ4v) is 2.34. The third kappa shape index (κ3) is 3.28. The predicted molar refractivity (Wildman–Crippen MR) is 69.6 cm³/mol. The maximum atomic E-state index is 11.5. The van der Waals surface area contributed by atoms with E-state index in [1.807, 2.05) is 19.2 Å². The normalized spacial score (nSPS) is 15.5. The summed E-state index contributed by atoms with van der Waals surface area (Å²) in [7, 11) is -0.00278. The molecule has 0 fully saturated rings. The fourth-order valence-electron chi connectivity index (χ4n) is 1.61. The van der Waals surface area contributed by atoms with Crippen molar-refractivity contribution in [2.24, 2.45) is 0 Å². The Kier molecular flexibility index (Phi) is 4.68. The lowest BCUT2D eigenvalue weighted by Gasteiger charge is -2.19. The van der Waals surface area contributed by atoms with Crippen LogP contribution in [0.1, 0.15) is 25.3 Å². The Bertz CT molecular complexity index is 454. The minimum Gasteiger partial charge on any atom is -0.317 e. The Labute approximate surface area is 103 Å². The number of sulfonamides is 1. The van der Waals surface area contributed by atoms with Gasteiger partial charge in [0.05, 0.1) is 4.90 Å². The zero-order valence-corrected chi connectivity index (χ0v) is 11.5. The zero-order valence-electron chi connectivity index (χ0n) is 10.7. The van der Waals surface area contributed by atoms with Crippen molar-refractivity contribution in [2.75, 3.05) is 14.1 Å². The Morgan fingerprint density at radius 2 is 1.59 bits per heavy atom. The van der Waals surface area contributed by atoms with Crippen LogP contribution in [0.5, 0.6) is 0 Å². The molecule has 1 rings (SSSR count). The maximum Gasteiger partial charge on any atom is 0.240 e. The summed E-state index contributed by atoms with van der Waals surface area (Å²) >= 11 is 0. The SMILES string of the molecule is CNC(C)C(C)c1ccc(S(=O)(=O)NC)cc1. The Morgan fingerprint density at radius 1 is 1.06 bits per heavy atom. The van der Waals surface area contributed by atoms with Crippen molar-refractivity contribution in [2.45, 2.75) is 30.7 Å². The monoisotopic (exact) mass is 256 g/mol. The molecule has 2 unspecified atom stereocenters. The van der Waals surface area contributed by atoms with Crippen molar-refractivity contribution in [3.05, 3.63) is 29.8 Å². The van der Waals surface area contributed by atoms with E-state index < -0.39 is 10.0 Å². The highest BCUT2D eigenvalue weighted by atomic mass is 32.2. The summed E-state index contributed by atoms with van der Waals surface area (Å²) in [6, 6.07) is 7.35. The molecule has 96 valence electrons. The van der Waals surface area contributed by atoms with Crippen LogP contribution < -0.4 is 10.0 Å². The molecule has 0 aromatic heterocycles. The van der Waals surface area contributed by atoms with Gasteiger partial charge in [-0.3, -0.25) is 0 Å². The zero-order chi connectivity index (χ0) is 13.1. The molecule has 2 atom stereocenters. The molecular weight excluding hydrogens is 236 g/mol. The molecule has 0 saturated heterocycles. The second-order valence-electron chi connectivity index (χ2n) is 4.14. The van der Waals surface area contributed by atoms with Crippen LogP contribution in [0.15, 0.2) is 29.2 Å². The molecular formula is C12H20N2O2S. The van der Waals surface area contributed by atoms with Crippen molar-refractivity contribution in [1.82, 2.24) is 10.0 Å². The van der Waals surface area contributed by atoms with E-state index in [0.29, 0.717) is 16.9 Å². The van der Waals surface area contributed by atoms with Crippen molar-refractivity contribution >= 4 is 10.0 Å². The topological polar surface area (TPSA) is 58.2 Å². The molecule has 0 aliphatic heterocycles. The van der Waals surface area contributed by atoms with Gasteiger partial charge >= 0.3 is 0 Å². The van der Waals surface area contributed by atoms with Gasteiger partial charge in [0, 0.05) is 6.04 Å². The van der Waals surface area contributed by atoms with Crippen LogP contribution in [0, 0.1) is 0 Å². The lowest BCUT2D eigenvalue weighted by molar-refractivity contribution is 0.524. The summed E-state index contributed by atoms with van der Waals surface area (Å²) in [4.78, 5) is 0.299. The minimum absolute atomic E-state index is 0.299. The molecule has 0 radical (unpaired) electrons. The van der Waals surface area contributed by atoms with Crippen LogP contribution in [0.3, 0.4) is 0 Å². The third-order valence-electron chi connectivity index (χ3n) is 3.19. The molecule has 4 nitrogen and oxygen atoms in total. The van der Waals surface area contributed by atoms with E-state index in [2.05, 4.69) is 23.9 Å². The van der Waals surface area contributed by atoms with Crippen LogP contribution in [-0.2, 0) is 10.0 Å². The molecule has 2 N–H and O–H groups in total. The van der Waals surface area contributed by atoms with Crippen molar-refractivity contribution in [1.29, 1.82) is 0 Å². The molecule has 5 heteroatoms. The molecule has 1 aromatic rings. The number of hydrogen-bond donors (Lipinski definition) is 2. The summed E-state index contributed by atoms with van der Waals surface area (Å²) in [6.45, 7) is 4.21. The first kappa shape index (κ1) is 14.2. The quantitative estimate of drug-likeness (QED) is 0.835. The molecule has 0 bridgehead atoms. The summed E-state index contributed by atoms with van der Waals surface area (Å²) in [5.41, 5.74) is 1.13. The first-order valence-electron chi connectivity index (χ1n) is 5.63. The van der Waals surface area contributed by atoms with Gasteiger partial charge in [-0.1, -0.05) is 19.1 Å². The lowest BCUT2D eigenvalue weighted by Crippen LogP contribution is -2.27. The molecule has 1 aromatic carbocycles. The second-order valence-corrected chi connectivity index (χ2v) is 6.03. The Hall–Kier alpha value is -0.910. The van der Waals surface area contributed by atoms with E-state index in [0.717, 1.165) is 5.56 Å². The van der Waals surface area contributed by atoms with Gasteiger partial charge in [-0.15, -0.1) is 0 Å². The molecule has 0 spiro atoms. The molecule has 0 saturated carbocycles. The first-order chi connectivity index (χ1) is 7.92. The average Bonchev–Trinajstić information content (AvgIpc) is 2.37. The minimum atomic E-state index is -3.33. The van der Waals surface area contributed by atoms with Gasteiger partial charge in [-0.05, 0) is 44.6 Å². The highest BCUT2D eigenvalue weighted by molar-refractivity contribution is 7.89. The van der Waals surface area contributed by atoms with Gasteiger partial charge in [0.2, 0.25) is 10.0 Å². The number of hydrogen-bond acceptors (Lipinski definition) is 3. The molecule has 0 heterocycles. The van der Waals surface area contributed by atoms with E-state index in [1.165, 1.54) is 7.05 Å². The standard InChI is InChI=1S/C12H20N2O2S/c1-9(10(2)13-3)11-5-7-12(8-6-11)17(15,16)14-4/h5-10,13-14H,1-4H3. The highest BCUT2D eigenvalue weighted by Crippen LogP contribution is 2.20. The summed E-state index contributed by atoms with van der Waals surface area (Å²) in [6.07, 6.45) is 0. The maximum absolute atomic E-state index is 11.5. The average molecular weight is 256 g/mol. The van der Waals surface area contributed by atoms with Crippen LogP contribution in [0.4, 0.5) is 0 Å². The summed E-state index contributed by atoms with van der Waals surface area (Å²) < 4.78 is 25.4. The van der Waals surface area contributed by atoms with Crippen molar-refractivity contribution in [3.8, 4) is 0 Å². The number of likely N-dealkylation sites (N-methyl/N-ethyl adjacent to an activating group) is 1. The first-order valence-corrected chi connectivity index (χ1v) is 7.11. The highest BCUT2D eigenvalue weighted by Gasteiger charge is 2.15. The van der Waals surface area contributed by atoms with Gasteiger partial charge < -0.3 is 5.32 Å². The van der Waals surface area contributed by atoms with E-state index in [9.17, 15) is 8.42 Å². The van der Waals surface area contributed by atoms with E-state index in [4.69, 9.17) is 0 Å². The Morgan fingerprint density at radius 3 is 2.00 bits per heavy atom. The van der Waals surface area contributed by atoms with Gasteiger partial charge in [0.15, 0.2) is 0 Å². The van der Waals surface area contributed by atoms with Gasteiger partial charge in [0.25, 0.3) is 0 Å². The molecule has 0 aliphatic rings. The van der Waals surface area contributed by atoms with Crippen LogP contribution >= 0.6 is 0 Å². The van der Waals surface area contributed by atoms with Gasteiger partial charge in [-0.25, -0.2) is 13.1 Å². The number of nitrogens with one attached hydrogen (secondary N) is 2. The van der Waals surface area contributed by atoms with Crippen molar-refractivity contribution in [3.63, 3.8) is 0 Å². The fraction of sp³-hybridized carbons (Fsp3) is 0.500. The van der Waals surface area contributed by atoms with Crippen molar-refractivity contribution < 1.29 is 8.42 Å². The lowest BCUT2D eigenvalue weighted by atomic mass is 9.95. The van der Waals surface area contributed by atoms with Crippen LogP contribution in [-0.4, -0.2) is 28.6 Å². The number of rotatable bonds is 5. The number of benzene rings is 1. The van der Waals surface area contributed by atoms with Crippen LogP contribution in [0.2, 0.25) is 0 Å². The Balaban J connectivity index is 2.96. The van der Waals surface area contributed by atoms with Gasteiger partial charge in [0.1, 0.15) is 0 Å². The van der Waals surface area contributed by atoms with Crippen LogP contribution in [0.25, 0.3) is 0 Å². The van der Waals surface area contributed by atoms with Gasteiger partial charge in [-0.2, -0.15) is 0 Å². The smallest absolute Gasteiger partial charge is 0.240 e. The molecule has 0 aliphatic carbocycles. The molecule has 17 heavy (non-hydrogen) atoms. The predicted octanol–water partition coefficient (Wildman–Crippen LogP) is 1.31. The second kappa shape index (κ2) is 5.62. The third-order valence-corrected chi connectivity index (χ3v) is 4.62. The largest absolute Gasteiger partial charge is 0.317 e. The van der Waals surface area contributed by atoms with E-state index >= 15 is 0 Å². The molecule has 0 amide bonds. The van der Waals surface area contributed by atoms with E-state index in [1.54, 1.807) is 12.1 Å².